The number of rotatable bonds is 8. The van der Waals surface area contributed by atoms with Crippen LogP contribution in [0, 0.1) is 5.41 Å². The molecule has 0 saturated heterocycles. The molecule has 0 aliphatic carbocycles. The molecule has 112 valence electrons. The average Bonchev–Trinajstić information content (AvgIpc) is 2.37. The molecule has 0 spiro atoms. The molecule has 0 aliphatic rings. The number of nitrogens with one attached hydrogen (secondary N) is 1. The van der Waals surface area contributed by atoms with Gasteiger partial charge in [0.05, 0.1) is 5.56 Å². The Hall–Kier alpha value is -1.71. The van der Waals surface area contributed by atoms with Gasteiger partial charge in [-0.1, -0.05) is 40.0 Å². The van der Waals surface area contributed by atoms with Crippen LogP contribution in [-0.4, -0.2) is 12.5 Å². The Kier molecular flexibility index (Phi) is 5.86. The van der Waals surface area contributed by atoms with Crippen molar-refractivity contribution in [1.29, 1.82) is 0 Å². The van der Waals surface area contributed by atoms with Crippen molar-refractivity contribution in [3.8, 4) is 0 Å². The fraction of sp³-hybridized carbons (Fsp3) is 0.562. The summed E-state index contributed by atoms with van der Waals surface area (Å²) in [6.45, 7) is 7.48. The van der Waals surface area contributed by atoms with E-state index in [4.69, 9.17) is 11.5 Å². The largest absolute Gasteiger partial charge is 0.399 e. The zero-order valence-electron chi connectivity index (χ0n) is 12.8. The van der Waals surface area contributed by atoms with Crippen LogP contribution in [0.25, 0.3) is 0 Å². The molecule has 20 heavy (non-hydrogen) atoms. The van der Waals surface area contributed by atoms with Crippen LogP contribution in [0.2, 0.25) is 0 Å². The van der Waals surface area contributed by atoms with E-state index in [2.05, 4.69) is 26.1 Å². The smallest absolute Gasteiger partial charge is 0.250 e. The molecule has 0 saturated carbocycles. The van der Waals surface area contributed by atoms with Crippen LogP contribution in [0.15, 0.2) is 18.2 Å². The summed E-state index contributed by atoms with van der Waals surface area (Å²) < 4.78 is 0. The van der Waals surface area contributed by atoms with E-state index >= 15 is 0 Å². The van der Waals surface area contributed by atoms with Crippen molar-refractivity contribution in [3.63, 3.8) is 0 Å². The maximum Gasteiger partial charge on any atom is 0.250 e. The normalized spacial score (nSPS) is 11.3. The van der Waals surface area contributed by atoms with Crippen LogP contribution < -0.4 is 16.8 Å². The monoisotopic (exact) mass is 277 g/mol. The highest BCUT2D eigenvalue weighted by molar-refractivity contribution is 5.99. The minimum Gasteiger partial charge on any atom is -0.399 e. The van der Waals surface area contributed by atoms with E-state index in [0.717, 1.165) is 18.7 Å². The lowest BCUT2D eigenvalue weighted by Crippen LogP contribution is -2.24. The van der Waals surface area contributed by atoms with E-state index in [1.165, 1.54) is 19.3 Å². The molecule has 0 heterocycles. The number of primary amides is 1. The number of carbonyl (C=O) groups is 1. The highest BCUT2D eigenvalue weighted by Crippen LogP contribution is 2.26. The van der Waals surface area contributed by atoms with Crippen LogP contribution in [-0.2, 0) is 0 Å². The fourth-order valence-electron chi connectivity index (χ4n) is 2.20. The van der Waals surface area contributed by atoms with Crippen molar-refractivity contribution in [1.82, 2.24) is 0 Å². The molecule has 0 aromatic heterocycles. The zero-order chi connectivity index (χ0) is 15.2. The molecule has 5 N–H and O–H groups in total. The maximum atomic E-state index is 11.4. The van der Waals surface area contributed by atoms with Gasteiger partial charge in [-0.15, -0.1) is 0 Å². The molecule has 1 amide bonds. The summed E-state index contributed by atoms with van der Waals surface area (Å²) in [7, 11) is 0. The van der Waals surface area contributed by atoms with Crippen molar-refractivity contribution in [3.05, 3.63) is 23.8 Å². The molecule has 0 bridgehead atoms. The van der Waals surface area contributed by atoms with Gasteiger partial charge in [-0.25, -0.2) is 0 Å². The minimum absolute atomic E-state index is 0.186. The lowest BCUT2D eigenvalue weighted by atomic mass is 9.86. The maximum absolute atomic E-state index is 11.4. The van der Waals surface area contributed by atoms with E-state index < -0.39 is 5.91 Å². The molecule has 0 radical (unpaired) electrons. The van der Waals surface area contributed by atoms with Gasteiger partial charge < -0.3 is 16.8 Å². The molecule has 4 heteroatoms. The van der Waals surface area contributed by atoms with Gasteiger partial charge in [0, 0.05) is 17.9 Å². The molecular weight excluding hydrogens is 250 g/mol. The number of carbonyl (C=O) groups excluding carboxylic acids is 1. The second-order valence-electron chi connectivity index (χ2n) is 6.14. The van der Waals surface area contributed by atoms with Crippen LogP contribution >= 0.6 is 0 Å². The molecule has 1 rings (SSSR count). The summed E-state index contributed by atoms with van der Waals surface area (Å²) in [5, 5.41) is 3.33. The van der Waals surface area contributed by atoms with Crippen molar-refractivity contribution in [2.45, 2.75) is 46.5 Å². The number of amides is 1. The van der Waals surface area contributed by atoms with E-state index in [1.807, 2.05) is 6.07 Å². The van der Waals surface area contributed by atoms with Crippen molar-refractivity contribution < 1.29 is 4.79 Å². The first-order valence-electron chi connectivity index (χ1n) is 7.29. The molecule has 1 aromatic rings. The summed E-state index contributed by atoms with van der Waals surface area (Å²) >= 11 is 0. The first-order valence-corrected chi connectivity index (χ1v) is 7.29. The van der Waals surface area contributed by atoms with Crippen molar-refractivity contribution in [2.24, 2.45) is 11.1 Å². The predicted molar refractivity (Wildman–Crippen MR) is 85.8 cm³/mol. The average molecular weight is 277 g/mol. The van der Waals surface area contributed by atoms with E-state index in [0.29, 0.717) is 11.3 Å². The SMILES string of the molecule is CCCCCC(C)(C)CNc1ccc(N)cc1C(N)=O. The summed E-state index contributed by atoms with van der Waals surface area (Å²) in [4.78, 5) is 11.4. The molecular formula is C16H27N3O. The number of unbranched alkanes of at least 4 members (excludes halogenated alkanes) is 2. The van der Waals surface area contributed by atoms with Crippen LogP contribution in [0.5, 0.6) is 0 Å². The van der Waals surface area contributed by atoms with Gasteiger partial charge in [0.1, 0.15) is 0 Å². The lowest BCUT2D eigenvalue weighted by molar-refractivity contribution is 0.100. The van der Waals surface area contributed by atoms with Gasteiger partial charge in [0.2, 0.25) is 0 Å². The first-order chi connectivity index (χ1) is 9.35. The molecule has 0 fully saturated rings. The summed E-state index contributed by atoms with van der Waals surface area (Å²) in [6.07, 6.45) is 4.88. The Morgan fingerprint density at radius 1 is 1.30 bits per heavy atom. The minimum atomic E-state index is -0.455. The van der Waals surface area contributed by atoms with Gasteiger partial charge in [-0.2, -0.15) is 0 Å². The van der Waals surface area contributed by atoms with Crippen molar-refractivity contribution in [2.75, 3.05) is 17.6 Å². The highest BCUT2D eigenvalue weighted by Gasteiger charge is 2.18. The van der Waals surface area contributed by atoms with E-state index in [1.54, 1.807) is 12.1 Å². The highest BCUT2D eigenvalue weighted by atomic mass is 16.1. The summed E-state index contributed by atoms with van der Waals surface area (Å²) in [5.74, 6) is -0.455. The number of anilines is 2. The number of hydrogen-bond acceptors (Lipinski definition) is 3. The molecule has 0 aliphatic heterocycles. The van der Waals surface area contributed by atoms with E-state index in [-0.39, 0.29) is 5.41 Å². The van der Waals surface area contributed by atoms with Gasteiger partial charge >= 0.3 is 0 Å². The molecule has 4 nitrogen and oxygen atoms in total. The third-order valence-electron chi connectivity index (χ3n) is 3.52. The lowest BCUT2D eigenvalue weighted by Gasteiger charge is -2.26. The Bertz CT molecular complexity index is 455. The zero-order valence-corrected chi connectivity index (χ0v) is 12.8. The third kappa shape index (κ3) is 5.11. The second-order valence-corrected chi connectivity index (χ2v) is 6.14. The van der Waals surface area contributed by atoms with Crippen LogP contribution in [0.3, 0.4) is 0 Å². The van der Waals surface area contributed by atoms with E-state index in [9.17, 15) is 4.79 Å². The van der Waals surface area contributed by atoms with Gasteiger partial charge in [0.15, 0.2) is 0 Å². The molecule has 0 unspecified atom stereocenters. The van der Waals surface area contributed by atoms with Gasteiger partial charge in [0.25, 0.3) is 5.91 Å². The predicted octanol–water partition coefficient (Wildman–Crippen LogP) is 3.39. The number of nitrogens with two attached hydrogens (primary N) is 2. The Morgan fingerprint density at radius 3 is 2.60 bits per heavy atom. The standard InChI is InChI=1S/C16H27N3O/c1-4-5-6-9-16(2,3)11-19-14-8-7-12(17)10-13(14)15(18)20/h7-8,10,19H,4-6,9,11,17H2,1-3H3,(H2,18,20). The number of nitrogen functional groups attached to an aromatic ring is 1. The molecule has 1 aromatic carbocycles. The number of hydrogen-bond donors (Lipinski definition) is 3. The quantitative estimate of drug-likeness (QED) is 0.503. The summed E-state index contributed by atoms with van der Waals surface area (Å²) in [6, 6.07) is 5.21. The Balaban J connectivity index is 2.67. The first kappa shape index (κ1) is 16.3. The van der Waals surface area contributed by atoms with Gasteiger partial charge in [-0.05, 0) is 30.0 Å². The summed E-state index contributed by atoms with van der Waals surface area (Å²) in [5.41, 5.74) is 13.0. The fourth-order valence-corrected chi connectivity index (χ4v) is 2.20. The Labute approximate surface area is 121 Å². The topological polar surface area (TPSA) is 81.1 Å². The van der Waals surface area contributed by atoms with Crippen LogP contribution in [0.4, 0.5) is 11.4 Å². The third-order valence-corrected chi connectivity index (χ3v) is 3.52. The van der Waals surface area contributed by atoms with Crippen molar-refractivity contribution >= 4 is 17.3 Å². The van der Waals surface area contributed by atoms with Crippen LogP contribution in [0.1, 0.15) is 56.8 Å². The number of benzene rings is 1. The van der Waals surface area contributed by atoms with Gasteiger partial charge in [-0.3, -0.25) is 4.79 Å². The Morgan fingerprint density at radius 2 is 2.00 bits per heavy atom. The second kappa shape index (κ2) is 7.17. The molecule has 0 atom stereocenters.